The minimum Gasteiger partial charge on any atom is -0.599 e. The number of hydrogen-bond acceptors (Lipinski definition) is 3. The molecule has 0 saturated heterocycles. The second-order valence-corrected chi connectivity index (χ2v) is 6.64. The number of nitrogens with one attached hydrogen (secondary N) is 2. The molecule has 2 aliphatic rings. The van der Waals surface area contributed by atoms with Gasteiger partial charge >= 0.3 is 0 Å². The van der Waals surface area contributed by atoms with Gasteiger partial charge in [-0.2, -0.15) is 6.07 Å². The summed E-state index contributed by atoms with van der Waals surface area (Å²) in [5, 5.41) is 0. The SMILES string of the molecule is C1=Cc2cc3ccc(cc4ccc(cc5nc(cc1n2)C=C5)[nH]4)[nH]3.[Zn].[c-]1ccco1. The number of rotatable bonds is 0. The van der Waals surface area contributed by atoms with Crippen molar-refractivity contribution in [3.63, 3.8) is 0 Å². The van der Waals surface area contributed by atoms with Crippen LogP contribution in [0.2, 0.25) is 0 Å². The third-order valence-electron chi connectivity index (χ3n) is 4.42. The van der Waals surface area contributed by atoms with E-state index in [4.69, 9.17) is 0 Å². The predicted octanol–water partition coefficient (Wildman–Crippen LogP) is 5.73. The summed E-state index contributed by atoms with van der Waals surface area (Å²) in [5.74, 6) is 0. The molecule has 0 atom stereocenters. The molecule has 0 amide bonds. The minimum absolute atomic E-state index is 0. The Hall–Kier alpha value is -3.50. The van der Waals surface area contributed by atoms with E-state index < -0.39 is 0 Å². The number of furan rings is 1. The second-order valence-electron chi connectivity index (χ2n) is 6.64. The standard InChI is InChI=1S/C20H14N4.C4H3O.Zn/c1-2-14-10-16-5-6-18(23-16)12-20-8-7-19(24-20)11-17-4-3-15(22-17)9-13(1)21-14;1-2-4-5-3-1;/h1-12,21-22H;1-3H;/q;-1;. The molecule has 0 aliphatic carbocycles. The van der Waals surface area contributed by atoms with Gasteiger partial charge in [-0.1, -0.05) is 6.26 Å². The number of aromatic nitrogens is 4. The zero-order valence-electron chi connectivity index (χ0n) is 16.2. The maximum Gasteiger partial charge on any atom is 0.0659 e. The maximum absolute atomic E-state index is 4.62. The van der Waals surface area contributed by atoms with Crippen LogP contribution in [0, 0.1) is 6.26 Å². The molecule has 0 fully saturated rings. The normalized spacial score (nSPS) is 11.5. The van der Waals surface area contributed by atoms with Gasteiger partial charge in [-0.25, -0.2) is 9.97 Å². The van der Waals surface area contributed by atoms with Crippen LogP contribution in [0.25, 0.3) is 46.4 Å². The van der Waals surface area contributed by atoms with Gasteiger partial charge in [0.1, 0.15) is 0 Å². The van der Waals surface area contributed by atoms with Gasteiger partial charge in [0.15, 0.2) is 0 Å². The zero-order chi connectivity index (χ0) is 19.5. The van der Waals surface area contributed by atoms with Crippen molar-refractivity contribution >= 4 is 46.4 Å². The number of H-pyrrole nitrogens is 2. The van der Waals surface area contributed by atoms with Crippen molar-refractivity contribution in [2.24, 2.45) is 0 Å². The maximum atomic E-state index is 4.62. The molecule has 6 heteroatoms. The van der Waals surface area contributed by atoms with E-state index >= 15 is 0 Å². The Kier molecular flexibility index (Phi) is 5.87. The molecule has 0 saturated carbocycles. The summed E-state index contributed by atoms with van der Waals surface area (Å²) in [6.45, 7) is 0. The first-order valence-corrected chi connectivity index (χ1v) is 9.24. The van der Waals surface area contributed by atoms with Gasteiger partial charge in [0.05, 0.1) is 22.8 Å². The molecule has 5 nitrogen and oxygen atoms in total. The fourth-order valence-corrected chi connectivity index (χ4v) is 3.14. The van der Waals surface area contributed by atoms with Gasteiger partial charge < -0.3 is 14.4 Å². The molecule has 0 aromatic carbocycles. The number of hydrogen-bond donors (Lipinski definition) is 2. The quantitative estimate of drug-likeness (QED) is 0.233. The molecule has 2 N–H and O–H groups in total. The van der Waals surface area contributed by atoms with Gasteiger partial charge in [0.2, 0.25) is 0 Å². The molecule has 0 spiro atoms. The molecule has 6 rings (SSSR count). The van der Waals surface area contributed by atoms with Crippen LogP contribution in [0.15, 0.2) is 71.3 Å². The van der Waals surface area contributed by atoms with Crippen LogP contribution in [-0.4, -0.2) is 19.9 Å². The van der Waals surface area contributed by atoms with E-state index in [-0.39, 0.29) is 19.5 Å². The van der Waals surface area contributed by atoms with E-state index in [9.17, 15) is 0 Å². The minimum atomic E-state index is 0. The van der Waals surface area contributed by atoms with Crippen molar-refractivity contribution in [2.75, 3.05) is 0 Å². The van der Waals surface area contributed by atoms with Crippen molar-refractivity contribution < 1.29 is 23.9 Å². The summed E-state index contributed by atoms with van der Waals surface area (Å²) < 4.78 is 4.46. The van der Waals surface area contributed by atoms with E-state index in [0.717, 1.165) is 44.8 Å². The Morgan fingerprint density at radius 1 is 0.633 bits per heavy atom. The van der Waals surface area contributed by atoms with Crippen LogP contribution in [0.1, 0.15) is 22.8 Å². The van der Waals surface area contributed by atoms with E-state index in [0.29, 0.717) is 0 Å². The van der Waals surface area contributed by atoms with Gasteiger partial charge in [0.25, 0.3) is 0 Å². The van der Waals surface area contributed by atoms with E-state index in [1.807, 2.05) is 42.5 Å². The van der Waals surface area contributed by atoms with Gasteiger partial charge in [-0.3, -0.25) is 0 Å². The fraction of sp³-hybridized carbons (Fsp3) is 0. The van der Waals surface area contributed by atoms with E-state index in [1.54, 1.807) is 18.4 Å². The molecule has 30 heavy (non-hydrogen) atoms. The Morgan fingerprint density at radius 2 is 1.10 bits per heavy atom. The number of fused-ring (bicyclic) bond motifs is 8. The van der Waals surface area contributed by atoms with E-state index in [2.05, 4.69) is 60.9 Å². The Labute approximate surface area is 186 Å². The van der Waals surface area contributed by atoms with Crippen molar-refractivity contribution in [1.82, 2.24) is 19.9 Å². The average molecular weight is 443 g/mol. The Bertz CT molecular complexity index is 1250. The van der Waals surface area contributed by atoms with Crippen LogP contribution < -0.4 is 0 Å². The first-order valence-electron chi connectivity index (χ1n) is 9.24. The third kappa shape index (κ3) is 4.73. The molecule has 142 valence electrons. The molecule has 0 unspecified atom stereocenters. The van der Waals surface area contributed by atoms with E-state index in [1.165, 1.54) is 0 Å². The van der Waals surface area contributed by atoms with Crippen molar-refractivity contribution in [1.29, 1.82) is 0 Å². The molecule has 0 radical (unpaired) electrons. The first kappa shape index (κ1) is 19.8. The number of aromatic amines is 2. The third-order valence-corrected chi connectivity index (χ3v) is 4.42. The van der Waals surface area contributed by atoms with Crippen molar-refractivity contribution in [2.45, 2.75) is 0 Å². The van der Waals surface area contributed by atoms with Crippen molar-refractivity contribution in [3.05, 3.63) is 96.0 Å². The zero-order valence-corrected chi connectivity index (χ0v) is 19.1. The molecule has 6 heterocycles. The average Bonchev–Trinajstić information content (AvgIpc) is 3.50. The first-order chi connectivity index (χ1) is 14.3. The van der Waals surface area contributed by atoms with Crippen molar-refractivity contribution in [3.8, 4) is 0 Å². The van der Waals surface area contributed by atoms with Gasteiger partial charge in [-0.15, -0.1) is 6.07 Å². The fourth-order valence-electron chi connectivity index (χ4n) is 3.14. The molecule has 2 aliphatic heterocycles. The predicted molar refractivity (Wildman–Crippen MR) is 116 cm³/mol. The summed E-state index contributed by atoms with van der Waals surface area (Å²) in [5.41, 5.74) is 7.86. The summed E-state index contributed by atoms with van der Waals surface area (Å²) in [6, 6.07) is 19.9. The van der Waals surface area contributed by atoms with Crippen LogP contribution in [-0.2, 0) is 19.5 Å². The van der Waals surface area contributed by atoms with Crippen LogP contribution in [0.4, 0.5) is 0 Å². The number of nitrogens with zero attached hydrogens (tertiary/aromatic N) is 2. The smallest absolute Gasteiger partial charge is 0.0659 e. The van der Waals surface area contributed by atoms with Crippen LogP contribution >= 0.6 is 0 Å². The summed E-state index contributed by atoms with van der Waals surface area (Å²) in [7, 11) is 0. The van der Waals surface area contributed by atoms with Gasteiger partial charge in [-0.05, 0) is 79.1 Å². The molecule has 8 bridgehead atoms. The second kappa shape index (κ2) is 8.89. The Morgan fingerprint density at radius 3 is 1.50 bits per heavy atom. The summed E-state index contributed by atoms with van der Waals surface area (Å²) in [6.07, 6.45) is 12.1. The Balaban J connectivity index is 0.000000321. The van der Waals surface area contributed by atoms with Gasteiger partial charge in [0, 0.05) is 41.5 Å². The molecule has 4 aromatic rings. The summed E-state index contributed by atoms with van der Waals surface area (Å²) in [4.78, 5) is 16.0. The monoisotopic (exact) mass is 441 g/mol. The largest absolute Gasteiger partial charge is 0.599 e. The summed E-state index contributed by atoms with van der Waals surface area (Å²) >= 11 is 0. The molecule has 4 aromatic heterocycles. The molecular formula is C24H17N4OZn-. The molecular weight excluding hydrogens is 426 g/mol. The topological polar surface area (TPSA) is 70.5 Å². The van der Waals surface area contributed by atoms with Crippen LogP contribution in [0.3, 0.4) is 0 Å². The van der Waals surface area contributed by atoms with Crippen LogP contribution in [0.5, 0.6) is 0 Å².